The molecule has 0 N–H and O–H groups in total. The first-order chi connectivity index (χ1) is 14.1. The minimum Gasteiger partial charge on any atom is -0.444 e. The van der Waals surface area contributed by atoms with Crippen LogP contribution in [0.15, 0.2) is 36.4 Å². The first kappa shape index (κ1) is 18.2. The highest BCUT2D eigenvalue weighted by atomic mass is 16.6. The van der Waals surface area contributed by atoms with E-state index in [9.17, 15) is 9.59 Å². The Kier molecular flexibility index (Phi) is 4.53. The molecule has 4 rings (SSSR count). The highest BCUT2D eigenvalue weighted by Gasteiger charge is 2.30. The second-order valence-corrected chi connectivity index (χ2v) is 8.86. The number of hydrogen-bond donors (Lipinski definition) is 0. The summed E-state index contributed by atoms with van der Waals surface area (Å²) in [5, 5.41) is 0. The first-order valence-electron chi connectivity index (χ1n) is 10.6. The molecular formula is C24H28N2O3. The van der Waals surface area contributed by atoms with Gasteiger partial charge >= 0.3 is 6.09 Å². The van der Waals surface area contributed by atoms with Crippen molar-refractivity contribution < 1.29 is 15.7 Å². The number of carbonyl (C=O) groups excluding carboxylic acids is 2. The molecule has 0 bridgehead atoms. The molecule has 2 aliphatic rings. The molecular weight excluding hydrogens is 364 g/mol. The highest BCUT2D eigenvalue weighted by Crippen LogP contribution is 2.29. The van der Waals surface area contributed by atoms with E-state index in [1.165, 1.54) is 0 Å². The van der Waals surface area contributed by atoms with Gasteiger partial charge in [0.15, 0.2) is 0 Å². The predicted molar refractivity (Wildman–Crippen MR) is 112 cm³/mol. The van der Waals surface area contributed by atoms with E-state index < -0.39 is 12.1 Å². The number of fused-ring (bicyclic) bond motifs is 2. The summed E-state index contributed by atoms with van der Waals surface area (Å²) in [4.78, 5) is 29.1. The van der Waals surface area contributed by atoms with Crippen LogP contribution in [0.25, 0.3) is 0 Å². The van der Waals surface area contributed by atoms with E-state index in [1.807, 2.05) is 64.1 Å². The number of carbonyl (C=O) groups is 2. The number of nitrogens with zero attached hydrogens (tertiary/aromatic N) is 2. The van der Waals surface area contributed by atoms with Crippen LogP contribution in [0.1, 0.15) is 60.3 Å². The second kappa shape index (κ2) is 7.21. The number of ether oxygens (including phenoxy) is 1. The number of amides is 2. The quantitative estimate of drug-likeness (QED) is 0.718. The van der Waals surface area contributed by atoms with Gasteiger partial charge in [0.25, 0.3) is 5.91 Å². The van der Waals surface area contributed by atoms with Gasteiger partial charge in [-0.3, -0.25) is 9.69 Å². The van der Waals surface area contributed by atoms with Gasteiger partial charge in [-0.2, -0.15) is 0 Å². The van der Waals surface area contributed by atoms with Crippen molar-refractivity contribution in [3.63, 3.8) is 0 Å². The van der Waals surface area contributed by atoms with Gasteiger partial charge in [-0.15, -0.1) is 0 Å². The van der Waals surface area contributed by atoms with Gasteiger partial charge in [0.05, 0.1) is 0 Å². The zero-order chi connectivity index (χ0) is 21.6. The Labute approximate surface area is 173 Å². The maximum atomic E-state index is 13.3. The standard InChI is InChI=1S/C24H28N2O3/c1-16-11-19-14-26(23(28)29-24(2,3)4)15-20(19)12-21(16)22(27)25-10-9-17-7-5-6-8-18(17)13-25/h5-8,11-12H,9-10,13-15H2,1-4H3/i10T. The van der Waals surface area contributed by atoms with Gasteiger partial charge in [-0.05, 0) is 68.0 Å². The van der Waals surface area contributed by atoms with Gasteiger partial charge in [0, 0.05) is 33.1 Å². The Morgan fingerprint density at radius 3 is 2.28 bits per heavy atom. The van der Waals surface area contributed by atoms with E-state index in [0.29, 0.717) is 31.6 Å². The second-order valence-electron chi connectivity index (χ2n) is 8.86. The molecule has 0 fully saturated rings. The van der Waals surface area contributed by atoms with Crippen LogP contribution in [0.4, 0.5) is 4.79 Å². The molecule has 2 aromatic rings. The third kappa shape index (κ3) is 4.00. The largest absolute Gasteiger partial charge is 0.444 e. The van der Waals surface area contributed by atoms with E-state index in [4.69, 9.17) is 6.11 Å². The van der Waals surface area contributed by atoms with Crippen molar-refractivity contribution >= 4 is 12.0 Å². The summed E-state index contributed by atoms with van der Waals surface area (Å²) >= 11 is 0. The van der Waals surface area contributed by atoms with E-state index in [1.54, 1.807) is 9.80 Å². The van der Waals surface area contributed by atoms with Crippen LogP contribution < -0.4 is 0 Å². The summed E-state index contributed by atoms with van der Waals surface area (Å²) in [6, 6.07) is 11.9. The van der Waals surface area contributed by atoms with Crippen molar-refractivity contribution in [2.75, 3.05) is 6.52 Å². The molecule has 0 spiro atoms. The van der Waals surface area contributed by atoms with Crippen molar-refractivity contribution in [3.05, 3.63) is 69.8 Å². The van der Waals surface area contributed by atoms with Crippen LogP contribution in [0.2, 0.25) is 0 Å². The van der Waals surface area contributed by atoms with E-state index in [2.05, 4.69) is 0 Å². The van der Waals surface area contributed by atoms with Crippen molar-refractivity contribution in [2.24, 2.45) is 0 Å². The average molecular weight is 395 g/mol. The molecule has 0 aromatic heterocycles. The molecule has 1 atom stereocenters. The molecule has 152 valence electrons. The Morgan fingerprint density at radius 2 is 1.59 bits per heavy atom. The van der Waals surface area contributed by atoms with Crippen molar-refractivity contribution in [2.45, 2.75) is 59.4 Å². The molecule has 29 heavy (non-hydrogen) atoms. The Bertz CT molecular complexity index is 1010. The molecule has 2 heterocycles. The lowest BCUT2D eigenvalue weighted by molar-refractivity contribution is 0.0241. The number of hydrogen-bond acceptors (Lipinski definition) is 3. The Hall–Kier alpha value is -2.82. The summed E-state index contributed by atoms with van der Waals surface area (Å²) in [6.45, 7) is 8.23. The molecule has 2 amide bonds. The fourth-order valence-electron chi connectivity index (χ4n) is 3.94. The Morgan fingerprint density at radius 1 is 0.966 bits per heavy atom. The molecule has 5 nitrogen and oxygen atoms in total. The van der Waals surface area contributed by atoms with Crippen LogP contribution in [0, 0.1) is 6.92 Å². The van der Waals surface area contributed by atoms with Crippen molar-refractivity contribution in [1.29, 1.82) is 0 Å². The lowest BCUT2D eigenvalue weighted by atomic mass is 9.97. The van der Waals surface area contributed by atoms with Gasteiger partial charge in [-0.25, -0.2) is 4.79 Å². The van der Waals surface area contributed by atoms with Gasteiger partial charge in [0.2, 0.25) is 0 Å². The van der Waals surface area contributed by atoms with E-state index in [0.717, 1.165) is 27.8 Å². The summed E-state index contributed by atoms with van der Waals surface area (Å²) < 4.78 is 14.0. The summed E-state index contributed by atoms with van der Waals surface area (Å²) in [6.07, 6.45) is 0.196. The first-order valence-corrected chi connectivity index (χ1v) is 10.0. The topological polar surface area (TPSA) is 49.9 Å². The lowest BCUT2D eigenvalue weighted by Gasteiger charge is -2.29. The smallest absolute Gasteiger partial charge is 0.410 e. The zero-order valence-electron chi connectivity index (χ0n) is 18.5. The molecule has 1 unspecified atom stereocenters. The minimum atomic E-state index is -0.599. The number of rotatable bonds is 1. The Balaban J connectivity index is 1.55. The van der Waals surface area contributed by atoms with E-state index >= 15 is 0 Å². The normalized spacial score (nSPS) is 18.8. The summed E-state index contributed by atoms with van der Waals surface area (Å²) in [5.74, 6) is -0.125. The number of aryl methyl sites for hydroxylation is 2. The fourth-order valence-corrected chi connectivity index (χ4v) is 3.94. The summed E-state index contributed by atoms with van der Waals surface area (Å²) in [5.41, 5.74) is 5.18. The van der Waals surface area contributed by atoms with Crippen LogP contribution >= 0.6 is 0 Å². The molecule has 0 saturated heterocycles. The maximum absolute atomic E-state index is 13.3. The van der Waals surface area contributed by atoms with Crippen molar-refractivity contribution in [1.82, 2.24) is 9.80 Å². The molecule has 0 radical (unpaired) electrons. The lowest BCUT2D eigenvalue weighted by Crippen LogP contribution is -2.36. The predicted octanol–water partition coefficient (Wildman–Crippen LogP) is 4.44. The third-order valence-electron chi connectivity index (χ3n) is 5.40. The molecule has 2 aliphatic heterocycles. The molecule has 5 heteroatoms. The van der Waals surface area contributed by atoms with Crippen LogP contribution in [-0.2, 0) is 30.8 Å². The SMILES string of the molecule is [3H]C1Cc2ccccc2CN1C(=O)c1cc2c(cc1C)CN(C(=O)OC(C)(C)C)C2. The zero-order valence-corrected chi connectivity index (χ0v) is 17.5. The van der Waals surface area contributed by atoms with Crippen LogP contribution in [-0.4, -0.2) is 33.9 Å². The number of benzene rings is 2. The van der Waals surface area contributed by atoms with E-state index in [-0.39, 0.29) is 12.0 Å². The van der Waals surface area contributed by atoms with Gasteiger partial charge in [0.1, 0.15) is 5.60 Å². The maximum Gasteiger partial charge on any atom is 0.410 e. The highest BCUT2D eigenvalue weighted by molar-refractivity contribution is 5.96. The monoisotopic (exact) mass is 394 g/mol. The minimum absolute atomic E-state index is 0.125. The summed E-state index contributed by atoms with van der Waals surface area (Å²) in [7, 11) is 0. The third-order valence-corrected chi connectivity index (χ3v) is 5.40. The average Bonchev–Trinajstić information content (AvgIpc) is 3.08. The molecule has 2 aromatic carbocycles. The fraction of sp³-hybridized carbons (Fsp3) is 0.417. The van der Waals surface area contributed by atoms with Crippen LogP contribution in [0.5, 0.6) is 0 Å². The molecule has 0 saturated carbocycles. The van der Waals surface area contributed by atoms with Crippen molar-refractivity contribution in [3.8, 4) is 0 Å². The van der Waals surface area contributed by atoms with Crippen LogP contribution in [0.3, 0.4) is 0 Å². The molecule has 0 aliphatic carbocycles. The van der Waals surface area contributed by atoms with Gasteiger partial charge < -0.3 is 9.64 Å². The van der Waals surface area contributed by atoms with Gasteiger partial charge in [-0.1, -0.05) is 30.3 Å².